The summed E-state index contributed by atoms with van der Waals surface area (Å²) < 4.78 is 41.2. The van der Waals surface area contributed by atoms with E-state index in [1.54, 1.807) is 7.11 Å². The normalized spacial score (nSPS) is 26.2. The number of carbonyl (C=O) groups is 1. The van der Waals surface area contributed by atoms with Crippen molar-refractivity contribution in [2.24, 2.45) is 0 Å². The Hall–Kier alpha value is -3.15. The van der Waals surface area contributed by atoms with Crippen molar-refractivity contribution < 1.29 is 23.0 Å². The van der Waals surface area contributed by atoms with Crippen LogP contribution < -0.4 is 9.80 Å². The van der Waals surface area contributed by atoms with Gasteiger partial charge in [0.05, 0.1) is 17.9 Å². The number of hydrogen-bond acceptors (Lipinski definition) is 8. The molecule has 0 saturated carbocycles. The highest BCUT2D eigenvalue weighted by Crippen LogP contribution is 2.51. The quantitative estimate of drug-likeness (QED) is 0.453. The number of methoxy groups -OCH3 is 1. The standard InChI is InChI=1S/C33H42F2N6O3/c1-4-28(42)40-16-14-38(15-17-40)25-19-41-23(25)7-5-6-22-24(41)18-27(37-30(22)32(34)35)39-12-9-33(10-13-39)29-21(2)8-11-36-31(29)26(44-33)20-43-3/h4,8,11,18,23,25-26,32H,1,5-7,9-10,12-17,19-20H2,2-3H3/t23?,25-,26?/m1/s1. The molecule has 2 unspecified atom stereocenters. The van der Waals surface area contributed by atoms with Crippen LogP contribution in [0.5, 0.6) is 0 Å². The first-order chi connectivity index (χ1) is 21.3. The molecule has 5 aliphatic rings. The molecule has 3 fully saturated rings. The number of amides is 1. The first-order valence-corrected chi connectivity index (χ1v) is 15.9. The van der Waals surface area contributed by atoms with Crippen molar-refractivity contribution in [1.82, 2.24) is 19.8 Å². The highest BCUT2D eigenvalue weighted by Gasteiger charge is 2.49. The summed E-state index contributed by atoms with van der Waals surface area (Å²) in [7, 11) is 1.67. The Kier molecular flexibility index (Phi) is 7.83. The summed E-state index contributed by atoms with van der Waals surface area (Å²) in [6.07, 6.45) is 4.27. The van der Waals surface area contributed by atoms with Crippen molar-refractivity contribution in [3.05, 3.63) is 59.1 Å². The summed E-state index contributed by atoms with van der Waals surface area (Å²) in [6.45, 7) is 11.3. The van der Waals surface area contributed by atoms with E-state index in [0.29, 0.717) is 56.6 Å². The topological polar surface area (TPSA) is 74.3 Å². The van der Waals surface area contributed by atoms with Crippen LogP contribution in [0.1, 0.15) is 66.3 Å². The van der Waals surface area contributed by atoms with Crippen molar-refractivity contribution in [2.45, 2.75) is 69.2 Å². The number of rotatable bonds is 6. The Labute approximate surface area is 257 Å². The van der Waals surface area contributed by atoms with Gasteiger partial charge in [0.25, 0.3) is 6.43 Å². The molecule has 7 heterocycles. The first-order valence-electron chi connectivity index (χ1n) is 15.9. The van der Waals surface area contributed by atoms with E-state index in [1.165, 1.54) is 6.08 Å². The molecule has 9 nitrogen and oxygen atoms in total. The minimum atomic E-state index is -2.63. The van der Waals surface area contributed by atoms with Crippen LogP contribution in [0.3, 0.4) is 0 Å². The molecule has 1 amide bonds. The third kappa shape index (κ3) is 4.87. The lowest BCUT2D eigenvalue weighted by molar-refractivity contribution is -0.128. The van der Waals surface area contributed by atoms with E-state index in [1.807, 2.05) is 17.2 Å². The van der Waals surface area contributed by atoms with Gasteiger partial charge in [-0.15, -0.1) is 0 Å². The van der Waals surface area contributed by atoms with Gasteiger partial charge in [-0.1, -0.05) is 6.58 Å². The molecule has 5 aliphatic heterocycles. The summed E-state index contributed by atoms with van der Waals surface area (Å²) >= 11 is 0. The number of piperidine rings is 1. The average molecular weight is 609 g/mol. The lowest BCUT2D eigenvalue weighted by Gasteiger charge is -2.55. The van der Waals surface area contributed by atoms with Gasteiger partial charge in [-0.25, -0.2) is 13.8 Å². The molecule has 0 radical (unpaired) electrons. The molecule has 236 valence electrons. The van der Waals surface area contributed by atoms with Gasteiger partial charge in [0.1, 0.15) is 17.6 Å². The molecule has 1 spiro atoms. The molecule has 7 rings (SSSR count). The van der Waals surface area contributed by atoms with Crippen LogP contribution in [0, 0.1) is 6.92 Å². The van der Waals surface area contributed by atoms with E-state index in [9.17, 15) is 13.6 Å². The lowest BCUT2D eigenvalue weighted by atomic mass is 9.82. The van der Waals surface area contributed by atoms with Crippen LogP contribution in [-0.2, 0) is 26.3 Å². The maximum Gasteiger partial charge on any atom is 0.280 e. The van der Waals surface area contributed by atoms with Crippen molar-refractivity contribution in [1.29, 1.82) is 0 Å². The van der Waals surface area contributed by atoms with Crippen molar-refractivity contribution in [3.8, 4) is 0 Å². The number of alkyl halides is 2. The van der Waals surface area contributed by atoms with Gasteiger partial charge in [0.2, 0.25) is 5.91 Å². The molecule has 11 heteroatoms. The highest BCUT2D eigenvalue weighted by atomic mass is 19.3. The largest absolute Gasteiger partial charge is 0.382 e. The lowest BCUT2D eigenvalue weighted by Crippen LogP contribution is -2.69. The molecular weight excluding hydrogens is 566 g/mol. The Morgan fingerprint density at radius 1 is 1.20 bits per heavy atom. The second kappa shape index (κ2) is 11.7. The molecular formula is C33H42F2N6O3. The molecule has 3 saturated heterocycles. The number of piperazine rings is 1. The van der Waals surface area contributed by atoms with Crippen molar-refractivity contribution >= 4 is 17.4 Å². The molecule has 0 aromatic carbocycles. The zero-order valence-electron chi connectivity index (χ0n) is 25.7. The maximum absolute atomic E-state index is 14.6. The van der Waals surface area contributed by atoms with E-state index >= 15 is 0 Å². The number of nitrogens with zero attached hydrogens (tertiary/aromatic N) is 6. The molecule has 0 bridgehead atoms. The Morgan fingerprint density at radius 2 is 1.98 bits per heavy atom. The van der Waals surface area contributed by atoms with Gasteiger partial charge in [-0.3, -0.25) is 14.7 Å². The zero-order valence-corrected chi connectivity index (χ0v) is 25.7. The van der Waals surface area contributed by atoms with E-state index in [4.69, 9.17) is 9.47 Å². The third-order valence-corrected chi connectivity index (χ3v) is 10.6. The fraction of sp³-hybridized carbons (Fsp3) is 0.606. The zero-order chi connectivity index (χ0) is 30.6. The Bertz CT molecular complexity index is 1420. The number of halogens is 2. The smallest absolute Gasteiger partial charge is 0.280 e. The number of carbonyl (C=O) groups excluding carboxylic acids is 1. The SMILES string of the molecule is C=CC(=O)N1CCN([C@@H]2CN3c4cc(N5CCC6(CC5)OC(COC)c5nccc(C)c56)nc(C(F)F)c4CCCC23)CC1. The summed E-state index contributed by atoms with van der Waals surface area (Å²) in [5.41, 5.74) is 4.38. The first kappa shape index (κ1) is 29.6. The Balaban J connectivity index is 1.11. The minimum absolute atomic E-state index is 0.0169. The number of aryl methyl sites for hydroxylation is 1. The highest BCUT2D eigenvalue weighted by molar-refractivity contribution is 5.87. The van der Waals surface area contributed by atoms with E-state index in [-0.39, 0.29) is 23.7 Å². The maximum atomic E-state index is 14.6. The van der Waals surface area contributed by atoms with Gasteiger partial charge in [-0.2, -0.15) is 0 Å². The van der Waals surface area contributed by atoms with E-state index in [0.717, 1.165) is 67.8 Å². The summed E-state index contributed by atoms with van der Waals surface area (Å²) in [5.74, 6) is 0.612. The molecule has 0 N–H and O–H groups in total. The number of hydrogen-bond donors (Lipinski definition) is 0. The average Bonchev–Trinajstić information content (AvgIpc) is 3.24. The van der Waals surface area contributed by atoms with Gasteiger partial charge in [-0.05, 0) is 56.7 Å². The fourth-order valence-corrected chi connectivity index (χ4v) is 8.35. The van der Waals surface area contributed by atoms with Crippen molar-refractivity contribution in [3.63, 3.8) is 0 Å². The number of aromatic nitrogens is 2. The fourth-order valence-electron chi connectivity index (χ4n) is 8.35. The van der Waals surface area contributed by atoms with Gasteiger partial charge in [0.15, 0.2) is 0 Å². The van der Waals surface area contributed by atoms with Gasteiger partial charge >= 0.3 is 0 Å². The van der Waals surface area contributed by atoms with Crippen LogP contribution in [0.15, 0.2) is 31.0 Å². The minimum Gasteiger partial charge on any atom is -0.382 e. The van der Waals surface area contributed by atoms with E-state index < -0.39 is 12.0 Å². The number of pyridine rings is 2. The van der Waals surface area contributed by atoms with Gasteiger partial charge in [0, 0.05) is 94.1 Å². The van der Waals surface area contributed by atoms with Crippen LogP contribution >= 0.6 is 0 Å². The monoisotopic (exact) mass is 608 g/mol. The van der Waals surface area contributed by atoms with Gasteiger partial charge < -0.3 is 24.2 Å². The molecule has 2 aromatic heterocycles. The van der Waals surface area contributed by atoms with Crippen LogP contribution in [0.25, 0.3) is 0 Å². The van der Waals surface area contributed by atoms with Crippen LogP contribution in [0.4, 0.5) is 20.3 Å². The second-order valence-electron chi connectivity index (χ2n) is 12.8. The third-order valence-electron chi connectivity index (χ3n) is 10.6. The molecule has 3 atom stereocenters. The van der Waals surface area contributed by atoms with E-state index in [2.05, 4.69) is 44.2 Å². The van der Waals surface area contributed by atoms with Crippen LogP contribution in [-0.4, -0.2) is 97.3 Å². The summed E-state index contributed by atoms with van der Waals surface area (Å²) in [4.78, 5) is 30.2. The molecule has 44 heavy (non-hydrogen) atoms. The summed E-state index contributed by atoms with van der Waals surface area (Å²) in [5, 5.41) is 0. The number of fused-ring (bicyclic) bond motifs is 5. The predicted octanol–water partition coefficient (Wildman–Crippen LogP) is 4.16. The molecule has 0 aliphatic carbocycles. The Morgan fingerprint density at radius 3 is 2.68 bits per heavy atom. The predicted molar refractivity (Wildman–Crippen MR) is 163 cm³/mol. The molecule has 2 aromatic rings. The number of anilines is 2. The second-order valence-corrected chi connectivity index (χ2v) is 12.8. The van der Waals surface area contributed by atoms with Crippen LogP contribution in [0.2, 0.25) is 0 Å². The summed E-state index contributed by atoms with van der Waals surface area (Å²) in [6, 6.07) is 4.74. The number of ether oxygens (including phenoxy) is 2. The van der Waals surface area contributed by atoms with Crippen molar-refractivity contribution in [2.75, 3.05) is 69.3 Å².